The summed E-state index contributed by atoms with van der Waals surface area (Å²) in [5, 5.41) is 0. The number of hydrogen-bond donors (Lipinski definition) is 0. The van der Waals surface area contributed by atoms with Gasteiger partial charge < -0.3 is 9.47 Å². The van der Waals surface area contributed by atoms with E-state index >= 15 is 0 Å². The highest BCUT2D eigenvalue weighted by Crippen LogP contribution is 2.24. The van der Waals surface area contributed by atoms with Gasteiger partial charge >= 0.3 is 0 Å². The van der Waals surface area contributed by atoms with Crippen molar-refractivity contribution in [2.24, 2.45) is 0 Å². The SMILES string of the molecule is COC1CCCC(Oc2cccc(F)n2)C1. The molecule has 0 amide bonds. The smallest absolute Gasteiger partial charge is 0.216 e. The summed E-state index contributed by atoms with van der Waals surface area (Å²) in [6.07, 6.45) is 4.35. The monoisotopic (exact) mass is 225 g/mol. The molecule has 88 valence electrons. The second-order valence-corrected chi connectivity index (χ2v) is 4.06. The Balaban J connectivity index is 1.94. The van der Waals surface area contributed by atoms with Crippen LogP contribution in [0.15, 0.2) is 18.2 Å². The topological polar surface area (TPSA) is 31.4 Å². The molecular weight excluding hydrogens is 209 g/mol. The van der Waals surface area contributed by atoms with Crippen molar-refractivity contribution in [3.8, 4) is 5.88 Å². The molecule has 2 atom stereocenters. The highest BCUT2D eigenvalue weighted by atomic mass is 19.1. The van der Waals surface area contributed by atoms with Gasteiger partial charge in [-0.05, 0) is 25.3 Å². The lowest BCUT2D eigenvalue weighted by molar-refractivity contribution is 0.0193. The Bertz CT molecular complexity index is 346. The van der Waals surface area contributed by atoms with Gasteiger partial charge in [-0.15, -0.1) is 0 Å². The lowest BCUT2D eigenvalue weighted by Gasteiger charge is -2.28. The molecule has 0 aromatic carbocycles. The molecule has 16 heavy (non-hydrogen) atoms. The zero-order valence-corrected chi connectivity index (χ0v) is 9.36. The average molecular weight is 225 g/mol. The van der Waals surface area contributed by atoms with E-state index in [2.05, 4.69) is 4.98 Å². The molecule has 1 aromatic rings. The Morgan fingerprint density at radius 1 is 1.31 bits per heavy atom. The average Bonchev–Trinajstić information content (AvgIpc) is 2.29. The van der Waals surface area contributed by atoms with Crippen LogP contribution >= 0.6 is 0 Å². The van der Waals surface area contributed by atoms with Crippen molar-refractivity contribution < 1.29 is 13.9 Å². The predicted octanol–water partition coefficient (Wildman–Crippen LogP) is 2.56. The molecule has 0 radical (unpaired) electrons. The number of nitrogens with zero attached hydrogens (tertiary/aromatic N) is 1. The van der Waals surface area contributed by atoms with E-state index in [-0.39, 0.29) is 12.2 Å². The number of aromatic nitrogens is 1. The highest BCUT2D eigenvalue weighted by molar-refractivity contribution is 5.10. The standard InChI is InChI=1S/C12H16FNO2/c1-15-9-4-2-5-10(8-9)16-12-7-3-6-11(13)14-12/h3,6-7,9-10H,2,4-5,8H2,1H3. The van der Waals surface area contributed by atoms with Crippen molar-refractivity contribution in [1.82, 2.24) is 4.98 Å². The molecule has 0 aliphatic heterocycles. The van der Waals surface area contributed by atoms with E-state index in [0.717, 1.165) is 25.7 Å². The Kier molecular flexibility index (Phi) is 3.72. The van der Waals surface area contributed by atoms with Gasteiger partial charge in [0.15, 0.2) is 0 Å². The minimum Gasteiger partial charge on any atom is -0.474 e. The van der Waals surface area contributed by atoms with E-state index in [1.165, 1.54) is 6.07 Å². The van der Waals surface area contributed by atoms with Crippen LogP contribution in [0.25, 0.3) is 0 Å². The first kappa shape index (κ1) is 11.3. The molecule has 1 heterocycles. The molecule has 0 spiro atoms. The molecule has 1 fully saturated rings. The van der Waals surface area contributed by atoms with Crippen LogP contribution < -0.4 is 4.74 Å². The molecule has 1 saturated carbocycles. The highest BCUT2D eigenvalue weighted by Gasteiger charge is 2.23. The fraction of sp³-hybridized carbons (Fsp3) is 0.583. The minimum atomic E-state index is -0.503. The Morgan fingerprint density at radius 3 is 2.88 bits per heavy atom. The fourth-order valence-corrected chi connectivity index (χ4v) is 2.05. The second-order valence-electron chi connectivity index (χ2n) is 4.06. The van der Waals surface area contributed by atoms with E-state index in [1.54, 1.807) is 19.2 Å². The molecule has 1 aromatic heterocycles. The largest absolute Gasteiger partial charge is 0.474 e. The number of methoxy groups -OCH3 is 1. The van der Waals surface area contributed by atoms with Crippen molar-refractivity contribution in [2.75, 3.05) is 7.11 Å². The third-order valence-electron chi connectivity index (χ3n) is 2.89. The Labute approximate surface area is 94.6 Å². The van der Waals surface area contributed by atoms with E-state index in [4.69, 9.17) is 9.47 Å². The van der Waals surface area contributed by atoms with Gasteiger partial charge in [-0.1, -0.05) is 6.07 Å². The fourth-order valence-electron chi connectivity index (χ4n) is 2.05. The minimum absolute atomic E-state index is 0.0907. The number of hydrogen-bond acceptors (Lipinski definition) is 3. The van der Waals surface area contributed by atoms with E-state index in [9.17, 15) is 4.39 Å². The van der Waals surface area contributed by atoms with Gasteiger partial charge in [-0.2, -0.15) is 9.37 Å². The zero-order chi connectivity index (χ0) is 11.4. The summed E-state index contributed by atoms with van der Waals surface area (Å²) in [7, 11) is 1.72. The van der Waals surface area contributed by atoms with E-state index in [0.29, 0.717) is 5.88 Å². The maximum atomic E-state index is 12.8. The first-order valence-corrected chi connectivity index (χ1v) is 5.60. The molecule has 2 unspecified atom stereocenters. The lowest BCUT2D eigenvalue weighted by Crippen LogP contribution is -2.29. The molecule has 0 N–H and O–H groups in total. The zero-order valence-electron chi connectivity index (χ0n) is 9.36. The summed E-state index contributed by atoms with van der Waals surface area (Å²) in [5.74, 6) is -0.140. The van der Waals surface area contributed by atoms with E-state index < -0.39 is 5.95 Å². The number of ether oxygens (including phenoxy) is 2. The molecule has 2 rings (SSSR count). The van der Waals surface area contributed by atoms with Gasteiger partial charge in [-0.25, -0.2) is 0 Å². The summed E-state index contributed by atoms with van der Waals surface area (Å²) < 4.78 is 23.8. The van der Waals surface area contributed by atoms with Crippen LogP contribution in [0, 0.1) is 5.95 Å². The predicted molar refractivity (Wildman–Crippen MR) is 57.9 cm³/mol. The van der Waals surface area contributed by atoms with Gasteiger partial charge in [-0.3, -0.25) is 0 Å². The van der Waals surface area contributed by atoms with Crippen LogP contribution in [-0.2, 0) is 4.74 Å². The summed E-state index contributed by atoms with van der Waals surface area (Å²) in [6.45, 7) is 0. The van der Waals surface area contributed by atoms with Gasteiger partial charge in [0.05, 0.1) is 6.10 Å². The van der Waals surface area contributed by atoms with Crippen LogP contribution in [-0.4, -0.2) is 24.3 Å². The Morgan fingerprint density at radius 2 is 2.12 bits per heavy atom. The second kappa shape index (κ2) is 5.25. The third-order valence-corrected chi connectivity index (χ3v) is 2.89. The van der Waals surface area contributed by atoms with Gasteiger partial charge in [0.2, 0.25) is 11.8 Å². The van der Waals surface area contributed by atoms with Crippen molar-refractivity contribution in [2.45, 2.75) is 37.9 Å². The first-order valence-electron chi connectivity index (χ1n) is 5.60. The summed E-state index contributed by atoms with van der Waals surface area (Å²) in [4.78, 5) is 3.69. The molecule has 1 aliphatic carbocycles. The molecule has 4 heteroatoms. The normalized spacial score (nSPS) is 25.4. The first-order chi connectivity index (χ1) is 7.78. The van der Waals surface area contributed by atoms with Crippen molar-refractivity contribution >= 4 is 0 Å². The number of pyridine rings is 1. The Hall–Kier alpha value is -1.16. The molecular formula is C12H16FNO2. The van der Waals surface area contributed by atoms with Crippen molar-refractivity contribution in [3.05, 3.63) is 24.1 Å². The molecule has 0 bridgehead atoms. The van der Waals surface area contributed by atoms with Crippen LogP contribution in [0.2, 0.25) is 0 Å². The van der Waals surface area contributed by atoms with Gasteiger partial charge in [0.1, 0.15) is 6.10 Å². The van der Waals surface area contributed by atoms with Crippen molar-refractivity contribution in [1.29, 1.82) is 0 Å². The number of halogens is 1. The van der Waals surface area contributed by atoms with Crippen LogP contribution in [0.4, 0.5) is 4.39 Å². The summed E-state index contributed by atoms with van der Waals surface area (Å²) in [6, 6.07) is 4.60. The lowest BCUT2D eigenvalue weighted by atomic mass is 9.95. The third kappa shape index (κ3) is 2.92. The van der Waals surface area contributed by atoms with Crippen molar-refractivity contribution in [3.63, 3.8) is 0 Å². The maximum Gasteiger partial charge on any atom is 0.216 e. The van der Waals surface area contributed by atoms with E-state index in [1.807, 2.05) is 0 Å². The quantitative estimate of drug-likeness (QED) is 0.741. The summed E-state index contributed by atoms with van der Waals surface area (Å²) >= 11 is 0. The molecule has 3 nitrogen and oxygen atoms in total. The maximum absolute atomic E-state index is 12.8. The van der Waals surface area contributed by atoms with Crippen LogP contribution in [0.3, 0.4) is 0 Å². The number of rotatable bonds is 3. The molecule has 0 saturated heterocycles. The van der Waals surface area contributed by atoms with Crippen LogP contribution in [0.5, 0.6) is 5.88 Å². The van der Waals surface area contributed by atoms with Gasteiger partial charge in [0.25, 0.3) is 0 Å². The summed E-state index contributed by atoms with van der Waals surface area (Å²) in [5.41, 5.74) is 0. The molecule has 1 aliphatic rings. The van der Waals surface area contributed by atoms with Gasteiger partial charge in [0, 0.05) is 19.6 Å². The van der Waals surface area contributed by atoms with Crippen LogP contribution in [0.1, 0.15) is 25.7 Å².